The van der Waals surface area contributed by atoms with E-state index in [-0.39, 0.29) is 23.2 Å². The maximum atomic E-state index is 12.9. The van der Waals surface area contributed by atoms with Crippen molar-refractivity contribution in [1.29, 1.82) is 0 Å². The molecule has 2 aromatic heterocycles. The fourth-order valence-electron chi connectivity index (χ4n) is 4.19. The summed E-state index contributed by atoms with van der Waals surface area (Å²) < 4.78 is 7.88. The normalized spacial score (nSPS) is 20.3. The van der Waals surface area contributed by atoms with Gasteiger partial charge in [0.1, 0.15) is 5.75 Å². The molecule has 1 saturated carbocycles. The van der Waals surface area contributed by atoms with Gasteiger partial charge in [-0.25, -0.2) is 4.52 Å². The Labute approximate surface area is 172 Å². The SMILES string of the molecule is CC(CC1CC(Oc2ccc(C(C)(C)C)cc2)C1)C(=O)c1cnn2ccccc12. The monoisotopic (exact) mass is 390 g/mol. The van der Waals surface area contributed by atoms with Gasteiger partial charge in [-0.05, 0) is 60.4 Å². The number of carbonyl (C=O) groups excluding carboxylic acids is 1. The summed E-state index contributed by atoms with van der Waals surface area (Å²) in [5, 5.41) is 4.29. The summed E-state index contributed by atoms with van der Waals surface area (Å²) >= 11 is 0. The van der Waals surface area contributed by atoms with Crippen molar-refractivity contribution < 1.29 is 9.53 Å². The Morgan fingerprint density at radius 2 is 1.90 bits per heavy atom. The van der Waals surface area contributed by atoms with Crippen molar-refractivity contribution in [2.45, 2.75) is 58.5 Å². The zero-order chi connectivity index (χ0) is 20.6. The summed E-state index contributed by atoms with van der Waals surface area (Å²) in [7, 11) is 0. The van der Waals surface area contributed by atoms with Crippen molar-refractivity contribution in [3.05, 3.63) is 66.0 Å². The van der Waals surface area contributed by atoms with Crippen LogP contribution in [0.1, 0.15) is 62.9 Å². The minimum absolute atomic E-state index is 0.000209. The molecule has 29 heavy (non-hydrogen) atoms. The molecule has 4 nitrogen and oxygen atoms in total. The van der Waals surface area contributed by atoms with Gasteiger partial charge in [0.2, 0.25) is 0 Å². The number of hydrogen-bond acceptors (Lipinski definition) is 3. The molecule has 2 heterocycles. The molecule has 0 aliphatic heterocycles. The van der Waals surface area contributed by atoms with Crippen LogP contribution in [0.25, 0.3) is 5.52 Å². The van der Waals surface area contributed by atoms with Gasteiger partial charge in [-0.3, -0.25) is 4.79 Å². The number of nitrogens with zero attached hydrogens (tertiary/aromatic N) is 2. The maximum absolute atomic E-state index is 12.9. The summed E-state index contributed by atoms with van der Waals surface area (Å²) in [5.74, 6) is 1.68. The van der Waals surface area contributed by atoms with Gasteiger partial charge in [0.15, 0.2) is 5.78 Å². The Morgan fingerprint density at radius 3 is 2.59 bits per heavy atom. The molecular formula is C25H30N2O2. The van der Waals surface area contributed by atoms with Crippen LogP contribution in [-0.4, -0.2) is 21.5 Å². The number of fused-ring (bicyclic) bond motifs is 1. The molecule has 3 aromatic rings. The molecular weight excluding hydrogens is 360 g/mol. The molecule has 0 radical (unpaired) electrons. The van der Waals surface area contributed by atoms with Gasteiger partial charge in [-0.2, -0.15) is 5.10 Å². The highest BCUT2D eigenvalue weighted by Gasteiger charge is 2.33. The first-order chi connectivity index (χ1) is 13.8. The van der Waals surface area contributed by atoms with Gasteiger partial charge >= 0.3 is 0 Å². The predicted molar refractivity (Wildman–Crippen MR) is 116 cm³/mol. The van der Waals surface area contributed by atoms with Gasteiger partial charge in [0, 0.05) is 12.1 Å². The first-order valence-electron chi connectivity index (χ1n) is 10.5. The molecule has 1 aromatic carbocycles. The van der Waals surface area contributed by atoms with Crippen molar-refractivity contribution in [1.82, 2.24) is 9.61 Å². The van der Waals surface area contributed by atoms with Crippen LogP contribution < -0.4 is 4.74 Å². The third-order valence-corrected chi connectivity index (χ3v) is 6.04. The zero-order valence-corrected chi connectivity index (χ0v) is 17.8. The summed E-state index contributed by atoms with van der Waals surface area (Å²) in [6.45, 7) is 8.69. The number of rotatable bonds is 6. The Bertz CT molecular complexity index is 992. The lowest BCUT2D eigenvalue weighted by Crippen LogP contribution is -2.35. The van der Waals surface area contributed by atoms with Crippen LogP contribution in [0.5, 0.6) is 5.75 Å². The average Bonchev–Trinajstić information content (AvgIpc) is 3.09. The summed E-state index contributed by atoms with van der Waals surface area (Å²) in [6.07, 6.45) is 6.78. The average molecular weight is 391 g/mol. The molecule has 1 aliphatic rings. The van der Waals surface area contributed by atoms with Crippen LogP contribution in [-0.2, 0) is 5.41 Å². The molecule has 4 heteroatoms. The van der Waals surface area contributed by atoms with Crippen LogP contribution >= 0.6 is 0 Å². The standard InChI is InChI=1S/C25H30N2O2/c1-17(24(28)22-16-26-27-12-6-5-7-23(22)27)13-18-14-21(15-18)29-20-10-8-19(9-11-20)25(2,3)4/h5-12,16-18,21H,13-15H2,1-4H3. The van der Waals surface area contributed by atoms with Gasteiger partial charge in [-0.15, -0.1) is 0 Å². The fraction of sp³-hybridized carbons (Fsp3) is 0.440. The van der Waals surface area contributed by atoms with E-state index in [0.29, 0.717) is 5.92 Å². The molecule has 1 atom stereocenters. The van der Waals surface area contributed by atoms with Crippen LogP contribution in [0, 0.1) is 11.8 Å². The number of pyridine rings is 1. The second-order valence-corrected chi connectivity index (χ2v) is 9.44. The lowest BCUT2D eigenvalue weighted by Gasteiger charge is -2.36. The topological polar surface area (TPSA) is 43.6 Å². The molecule has 1 unspecified atom stereocenters. The molecule has 1 fully saturated rings. The van der Waals surface area contributed by atoms with Crippen molar-refractivity contribution in [2.24, 2.45) is 11.8 Å². The highest BCUT2D eigenvalue weighted by atomic mass is 16.5. The van der Waals surface area contributed by atoms with E-state index in [0.717, 1.165) is 36.1 Å². The Balaban J connectivity index is 1.28. The van der Waals surface area contributed by atoms with Crippen molar-refractivity contribution in [3.63, 3.8) is 0 Å². The molecule has 0 spiro atoms. The molecule has 0 saturated heterocycles. The second-order valence-electron chi connectivity index (χ2n) is 9.44. The number of hydrogen-bond donors (Lipinski definition) is 0. The highest BCUT2D eigenvalue weighted by Crippen LogP contribution is 2.37. The number of ether oxygens (including phenoxy) is 1. The van der Waals surface area contributed by atoms with E-state index in [4.69, 9.17) is 4.74 Å². The number of ketones is 1. The molecule has 4 rings (SSSR count). The van der Waals surface area contributed by atoms with E-state index in [1.165, 1.54) is 5.56 Å². The van der Waals surface area contributed by atoms with Crippen LogP contribution in [0.2, 0.25) is 0 Å². The number of carbonyl (C=O) groups is 1. The van der Waals surface area contributed by atoms with Crippen LogP contribution in [0.3, 0.4) is 0 Å². The van der Waals surface area contributed by atoms with Gasteiger partial charge in [0.25, 0.3) is 0 Å². The van der Waals surface area contributed by atoms with E-state index in [9.17, 15) is 4.79 Å². The largest absolute Gasteiger partial charge is 0.490 e. The summed E-state index contributed by atoms with van der Waals surface area (Å²) in [6, 6.07) is 14.3. The lowest BCUT2D eigenvalue weighted by atomic mass is 9.75. The highest BCUT2D eigenvalue weighted by molar-refractivity contribution is 6.03. The van der Waals surface area contributed by atoms with Crippen molar-refractivity contribution in [3.8, 4) is 5.75 Å². The smallest absolute Gasteiger partial charge is 0.169 e. The summed E-state index contributed by atoms with van der Waals surface area (Å²) in [4.78, 5) is 12.9. The van der Waals surface area contributed by atoms with Gasteiger partial charge < -0.3 is 4.74 Å². The minimum atomic E-state index is 0.000209. The van der Waals surface area contributed by atoms with Gasteiger partial charge in [0.05, 0.1) is 23.4 Å². The third kappa shape index (κ3) is 4.21. The van der Waals surface area contributed by atoms with E-state index >= 15 is 0 Å². The second kappa shape index (κ2) is 7.66. The van der Waals surface area contributed by atoms with E-state index in [2.05, 4.69) is 50.1 Å². The first kappa shape index (κ1) is 19.7. The quantitative estimate of drug-likeness (QED) is 0.507. The Hall–Kier alpha value is -2.62. The minimum Gasteiger partial charge on any atom is -0.490 e. The third-order valence-electron chi connectivity index (χ3n) is 6.04. The molecule has 152 valence electrons. The fourth-order valence-corrected chi connectivity index (χ4v) is 4.19. The zero-order valence-electron chi connectivity index (χ0n) is 17.8. The molecule has 0 amide bonds. The number of aromatic nitrogens is 2. The molecule has 0 bridgehead atoms. The Morgan fingerprint density at radius 1 is 1.17 bits per heavy atom. The van der Waals surface area contributed by atoms with E-state index in [1.807, 2.05) is 31.3 Å². The van der Waals surface area contributed by atoms with E-state index in [1.54, 1.807) is 10.7 Å². The number of benzene rings is 1. The Kier molecular flexibility index (Phi) is 5.20. The van der Waals surface area contributed by atoms with Crippen molar-refractivity contribution >= 4 is 11.3 Å². The first-order valence-corrected chi connectivity index (χ1v) is 10.5. The van der Waals surface area contributed by atoms with Crippen molar-refractivity contribution in [2.75, 3.05) is 0 Å². The van der Waals surface area contributed by atoms with E-state index < -0.39 is 0 Å². The number of Topliss-reactive ketones (excluding diaryl/α,β-unsaturated/α-hetero) is 1. The maximum Gasteiger partial charge on any atom is 0.169 e. The lowest BCUT2D eigenvalue weighted by molar-refractivity contribution is 0.0505. The van der Waals surface area contributed by atoms with Gasteiger partial charge in [-0.1, -0.05) is 45.9 Å². The van der Waals surface area contributed by atoms with Crippen LogP contribution in [0.4, 0.5) is 0 Å². The molecule has 0 N–H and O–H groups in total. The van der Waals surface area contributed by atoms with Crippen LogP contribution in [0.15, 0.2) is 54.9 Å². The summed E-state index contributed by atoms with van der Waals surface area (Å²) in [5.41, 5.74) is 3.09. The molecule has 1 aliphatic carbocycles. The predicted octanol–water partition coefficient (Wildman–Crippen LogP) is 5.70.